The van der Waals surface area contributed by atoms with E-state index in [4.69, 9.17) is 0 Å². The van der Waals surface area contributed by atoms with Crippen LogP contribution in [0.3, 0.4) is 0 Å². The van der Waals surface area contributed by atoms with Gasteiger partial charge in [-0.1, -0.05) is 0 Å². The molecule has 11 heteroatoms. The molecule has 5 rings (SSSR count). The molecule has 186 valence electrons. The molecule has 1 amide bonds. The number of anilines is 1. The number of halogens is 1. The number of likely N-dealkylation sites (tertiary alicyclic amines) is 1. The van der Waals surface area contributed by atoms with Gasteiger partial charge in [-0.2, -0.15) is 0 Å². The molecule has 3 aromatic rings. The molecule has 3 aromatic heterocycles. The van der Waals surface area contributed by atoms with Gasteiger partial charge in [0, 0.05) is 56.5 Å². The SMILES string of the molecule is CN1CCN(C(=O)c2cn(-c3nccs3)c3nc(NCCC4CCCN4C)c(F)cc3c2=O)CC1. The number of fused-ring (bicyclic) bond motifs is 1. The maximum atomic E-state index is 15.1. The Morgan fingerprint density at radius 3 is 2.71 bits per heavy atom. The molecule has 2 aliphatic rings. The first-order valence-electron chi connectivity index (χ1n) is 12.0. The first-order valence-corrected chi connectivity index (χ1v) is 12.9. The van der Waals surface area contributed by atoms with Crippen LogP contribution >= 0.6 is 11.3 Å². The van der Waals surface area contributed by atoms with E-state index in [2.05, 4.69) is 32.1 Å². The van der Waals surface area contributed by atoms with Crippen LogP contribution in [0.25, 0.3) is 16.2 Å². The summed E-state index contributed by atoms with van der Waals surface area (Å²) < 4.78 is 16.7. The van der Waals surface area contributed by atoms with E-state index in [-0.39, 0.29) is 28.3 Å². The lowest BCUT2D eigenvalue weighted by Gasteiger charge is -2.32. The van der Waals surface area contributed by atoms with Gasteiger partial charge in [0.1, 0.15) is 5.56 Å². The zero-order valence-electron chi connectivity index (χ0n) is 20.0. The van der Waals surface area contributed by atoms with Gasteiger partial charge in [0.05, 0.1) is 5.39 Å². The molecule has 1 N–H and O–H groups in total. The third-order valence-electron chi connectivity index (χ3n) is 7.02. The number of nitrogens with one attached hydrogen (secondary N) is 1. The van der Waals surface area contributed by atoms with E-state index in [9.17, 15) is 9.59 Å². The molecule has 0 aliphatic carbocycles. The van der Waals surface area contributed by atoms with Crippen LogP contribution in [0.15, 0.2) is 28.6 Å². The van der Waals surface area contributed by atoms with Crippen molar-refractivity contribution in [2.45, 2.75) is 25.3 Å². The van der Waals surface area contributed by atoms with Gasteiger partial charge in [-0.25, -0.2) is 14.4 Å². The van der Waals surface area contributed by atoms with Gasteiger partial charge in [-0.3, -0.25) is 14.2 Å². The van der Waals surface area contributed by atoms with Crippen molar-refractivity contribution in [3.63, 3.8) is 0 Å². The minimum absolute atomic E-state index is 0.00318. The molecule has 0 aromatic carbocycles. The Labute approximate surface area is 207 Å². The van der Waals surface area contributed by atoms with Crippen molar-refractivity contribution in [3.8, 4) is 5.13 Å². The molecule has 9 nitrogen and oxygen atoms in total. The Morgan fingerprint density at radius 2 is 2.03 bits per heavy atom. The van der Waals surface area contributed by atoms with E-state index < -0.39 is 11.2 Å². The average molecular weight is 500 g/mol. The molecule has 0 spiro atoms. The van der Waals surface area contributed by atoms with Crippen molar-refractivity contribution in [1.29, 1.82) is 0 Å². The van der Waals surface area contributed by atoms with Gasteiger partial charge >= 0.3 is 0 Å². The fourth-order valence-corrected chi connectivity index (χ4v) is 5.48. The highest BCUT2D eigenvalue weighted by Crippen LogP contribution is 2.23. The summed E-state index contributed by atoms with van der Waals surface area (Å²) in [7, 11) is 4.11. The molecule has 1 atom stereocenters. The third kappa shape index (κ3) is 4.80. The maximum absolute atomic E-state index is 15.1. The van der Waals surface area contributed by atoms with E-state index in [0.29, 0.717) is 30.8 Å². The lowest BCUT2D eigenvalue weighted by Crippen LogP contribution is -2.48. The molecule has 0 saturated carbocycles. The van der Waals surface area contributed by atoms with Crippen molar-refractivity contribution < 1.29 is 9.18 Å². The molecule has 35 heavy (non-hydrogen) atoms. The molecule has 2 saturated heterocycles. The number of amides is 1. The predicted octanol–water partition coefficient (Wildman–Crippen LogP) is 2.27. The number of thiazole rings is 1. The quantitative estimate of drug-likeness (QED) is 0.557. The zero-order chi connectivity index (χ0) is 24.5. The highest BCUT2D eigenvalue weighted by Gasteiger charge is 2.26. The van der Waals surface area contributed by atoms with E-state index in [0.717, 1.165) is 32.5 Å². The van der Waals surface area contributed by atoms with Crippen LogP contribution in [0.2, 0.25) is 0 Å². The Kier molecular flexibility index (Phi) is 6.81. The van der Waals surface area contributed by atoms with Crippen molar-refractivity contribution in [3.05, 3.63) is 45.4 Å². The second-order valence-corrected chi connectivity index (χ2v) is 10.2. The summed E-state index contributed by atoms with van der Waals surface area (Å²) in [5, 5.41) is 5.54. The summed E-state index contributed by atoms with van der Waals surface area (Å²) >= 11 is 1.36. The summed E-state index contributed by atoms with van der Waals surface area (Å²) in [6.07, 6.45) is 6.35. The van der Waals surface area contributed by atoms with Gasteiger partial charge in [-0.05, 0) is 46.0 Å². The minimum Gasteiger partial charge on any atom is -0.368 e. The molecule has 2 fully saturated rings. The summed E-state index contributed by atoms with van der Waals surface area (Å²) in [5.41, 5.74) is -0.229. The minimum atomic E-state index is -0.607. The zero-order valence-corrected chi connectivity index (χ0v) is 20.9. The number of piperazine rings is 1. The second-order valence-electron chi connectivity index (χ2n) is 9.33. The average Bonchev–Trinajstić information content (AvgIpc) is 3.52. The second kappa shape index (κ2) is 10.00. The van der Waals surface area contributed by atoms with Crippen molar-refractivity contribution >= 4 is 34.1 Å². The van der Waals surface area contributed by atoms with Crippen molar-refractivity contribution in [2.24, 2.45) is 0 Å². The molecular weight excluding hydrogens is 469 g/mol. The number of aromatic nitrogens is 3. The van der Waals surface area contributed by atoms with E-state index in [1.54, 1.807) is 15.7 Å². The molecule has 0 bridgehead atoms. The number of rotatable bonds is 6. The lowest BCUT2D eigenvalue weighted by atomic mass is 10.1. The molecule has 5 heterocycles. The number of pyridine rings is 2. The number of nitrogens with zero attached hydrogens (tertiary/aromatic N) is 6. The lowest BCUT2D eigenvalue weighted by molar-refractivity contribution is 0.0662. The van der Waals surface area contributed by atoms with Crippen LogP contribution in [0.4, 0.5) is 10.2 Å². The summed E-state index contributed by atoms with van der Waals surface area (Å²) in [6.45, 7) is 4.21. The summed E-state index contributed by atoms with van der Waals surface area (Å²) in [4.78, 5) is 41.6. The maximum Gasteiger partial charge on any atom is 0.259 e. The standard InChI is InChI=1S/C24H30FN7O2S/c1-29-9-11-31(12-10-29)23(34)18-15-32(24-27-7-13-35-24)22-17(20(18)33)14-19(25)21(28-22)26-6-5-16-4-3-8-30(16)2/h7,13-16H,3-6,8-12H2,1-2H3,(H,26,28). The van der Waals surface area contributed by atoms with Crippen LogP contribution < -0.4 is 10.7 Å². The van der Waals surface area contributed by atoms with Crippen LogP contribution in [0.1, 0.15) is 29.6 Å². The Bertz CT molecular complexity index is 1270. The molecule has 0 radical (unpaired) electrons. The van der Waals surface area contributed by atoms with Gasteiger partial charge in [-0.15, -0.1) is 11.3 Å². The monoisotopic (exact) mass is 499 g/mol. The number of hydrogen-bond acceptors (Lipinski definition) is 8. The van der Waals surface area contributed by atoms with Gasteiger partial charge in [0.2, 0.25) is 5.43 Å². The molecule has 1 unspecified atom stereocenters. The van der Waals surface area contributed by atoms with Gasteiger partial charge in [0.25, 0.3) is 5.91 Å². The fraction of sp³-hybridized carbons (Fsp3) is 0.500. The topological polar surface area (TPSA) is 86.6 Å². The number of carbonyl (C=O) groups is 1. The molecule has 2 aliphatic heterocycles. The number of likely N-dealkylation sites (N-methyl/N-ethyl adjacent to an activating group) is 1. The Morgan fingerprint density at radius 1 is 1.23 bits per heavy atom. The van der Waals surface area contributed by atoms with Crippen LogP contribution in [-0.2, 0) is 0 Å². The highest BCUT2D eigenvalue weighted by molar-refractivity contribution is 7.12. The van der Waals surface area contributed by atoms with Crippen LogP contribution in [-0.4, -0.2) is 94.5 Å². The van der Waals surface area contributed by atoms with Crippen LogP contribution in [0, 0.1) is 5.82 Å². The third-order valence-corrected chi connectivity index (χ3v) is 7.79. The normalized spacial score (nSPS) is 19.5. The van der Waals surface area contributed by atoms with Crippen molar-refractivity contribution in [2.75, 3.05) is 58.7 Å². The van der Waals surface area contributed by atoms with E-state index >= 15 is 4.39 Å². The van der Waals surface area contributed by atoms with Gasteiger partial charge < -0.3 is 20.0 Å². The van der Waals surface area contributed by atoms with E-state index in [1.807, 2.05) is 12.4 Å². The summed E-state index contributed by atoms with van der Waals surface area (Å²) in [6, 6.07) is 1.67. The first-order chi connectivity index (χ1) is 16.9. The Hall–Kier alpha value is -2.89. The first kappa shape index (κ1) is 23.8. The van der Waals surface area contributed by atoms with Gasteiger partial charge in [0.15, 0.2) is 22.4 Å². The van der Waals surface area contributed by atoms with Crippen molar-refractivity contribution in [1.82, 2.24) is 29.2 Å². The smallest absolute Gasteiger partial charge is 0.259 e. The Balaban J connectivity index is 1.50. The fourth-order valence-electron chi connectivity index (χ4n) is 4.86. The molecular formula is C24H30FN7O2S. The van der Waals surface area contributed by atoms with E-state index in [1.165, 1.54) is 30.0 Å². The van der Waals surface area contributed by atoms with Crippen LogP contribution in [0.5, 0.6) is 0 Å². The predicted molar refractivity (Wildman–Crippen MR) is 135 cm³/mol. The largest absolute Gasteiger partial charge is 0.368 e. The number of hydrogen-bond donors (Lipinski definition) is 1. The highest BCUT2D eigenvalue weighted by atomic mass is 32.1. The summed E-state index contributed by atoms with van der Waals surface area (Å²) in [5.74, 6) is -0.858. The number of carbonyl (C=O) groups excluding carboxylic acids is 1.